The van der Waals surface area contributed by atoms with E-state index in [2.05, 4.69) is 0 Å². The molecule has 3 saturated heterocycles. The normalized spacial score (nSPS) is 74.4. The Morgan fingerprint density at radius 3 is 1.90 bits per heavy atom. The van der Waals surface area contributed by atoms with Gasteiger partial charge in [0, 0.05) is 6.42 Å². The average molecular weight is 140 g/mol. The lowest BCUT2D eigenvalue weighted by molar-refractivity contribution is 0.279. The first-order chi connectivity index (χ1) is 4.93. The maximum Gasteiger partial charge on any atom is 0.116 e. The summed E-state index contributed by atoms with van der Waals surface area (Å²) in [6.45, 7) is 0. The Bertz CT molecular complexity index is 185. The molecule has 0 aromatic carbocycles. The lowest BCUT2D eigenvalue weighted by Crippen LogP contribution is -2.06. The number of hydrogen-bond donors (Lipinski definition) is 0. The SMILES string of the molecule is C1[C@@H]2O[C@@H]2[C@H]2O[C@H]2[C@@H]2O[C@H]12. The zero-order chi connectivity index (χ0) is 6.29. The molecule has 54 valence electrons. The summed E-state index contributed by atoms with van der Waals surface area (Å²) in [4.78, 5) is 0. The quantitative estimate of drug-likeness (QED) is 0.433. The molecule has 0 unspecified atom stereocenters. The summed E-state index contributed by atoms with van der Waals surface area (Å²) >= 11 is 0. The van der Waals surface area contributed by atoms with Crippen molar-refractivity contribution in [2.75, 3.05) is 0 Å². The van der Waals surface area contributed by atoms with Gasteiger partial charge in [0.2, 0.25) is 0 Å². The van der Waals surface area contributed by atoms with E-state index in [4.69, 9.17) is 14.2 Å². The number of rotatable bonds is 0. The van der Waals surface area contributed by atoms with E-state index in [0.29, 0.717) is 36.6 Å². The Morgan fingerprint density at radius 1 is 0.700 bits per heavy atom. The van der Waals surface area contributed by atoms with Crippen molar-refractivity contribution in [1.29, 1.82) is 0 Å². The second-order valence-corrected chi connectivity index (χ2v) is 3.58. The Hall–Kier alpha value is -0.120. The fourth-order valence-electron chi connectivity index (χ4n) is 2.16. The van der Waals surface area contributed by atoms with E-state index in [9.17, 15) is 0 Å². The highest BCUT2D eigenvalue weighted by Crippen LogP contribution is 2.52. The van der Waals surface area contributed by atoms with Gasteiger partial charge in [-0.3, -0.25) is 0 Å². The Labute approximate surface area is 58.2 Å². The van der Waals surface area contributed by atoms with Gasteiger partial charge >= 0.3 is 0 Å². The van der Waals surface area contributed by atoms with Crippen LogP contribution in [-0.4, -0.2) is 36.6 Å². The van der Waals surface area contributed by atoms with E-state index in [-0.39, 0.29) is 0 Å². The first-order valence-electron chi connectivity index (χ1n) is 3.90. The summed E-state index contributed by atoms with van der Waals surface area (Å²) in [5, 5.41) is 0. The van der Waals surface area contributed by atoms with Crippen LogP contribution in [0.1, 0.15) is 6.42 Å². The van der Waals surface area contributed by atoms with Crippen molar-refractivity contribution < 1.29 is 14.2 Å². The molecule has 0 aromatic rings. The van der Waals surface area contributed by atoms with Crippen LogP contribution in [0.25, 0.3) is 0 Å². The summed E-state index contributed by atoms with van der Waals surface area (Å²) in [5.74, 6) is 0. The summed E-state index contributed by atoms with van der Waals surface area (Å²) in [6.07, 6.45) is 3.78. The highest BCUT2D eigenvalue weighted by molar-refractivity contribution is 5.16. The number of ether oxygens (including phenoxy) is 3. The van der Waals surface area contributed by atoms with Gasteiger partial charge in [-0.25, -0.2) is 0 Å². The van der Waals surface area contributed by atoms with Gasteiger partial charge in [0.05, 0.1) is 12.2 Å². The number of hydrogen-bond acceptors (Lipinski definition) is 3. The second kappa shape index (κ2) is 1.15. The molecule has 4 aliphatic rings. The molecule has 4 fully saturated rings. The fourth-order valence-corrected chi connectivity index (χ4v) is 2.16. The molecular weight excluding hydrogens is 132 g/mol. The third-order valence-corrected chi connectivity index (χ3v) is 2.92. The zero-order valence-corrected chi connectivity index (χ0v) is 5.40. The van der Waals surface area contributed by atoms with Crippen LogP contribution in [0.2, 0.25) is 0 Å². The first-order valence-corrected chi connectivity index (χ1v) is 3.90. The second-order valence-electron chi connectivity index (χ2n) is 3.58. The molecule has 10 heavy (non-hydrogen) atoms. The van der Waals surface area contributed by atoms with Crippen molar-refractivity contribution in [3.63, 3.8) is 0 Å². The van der Waals surface area contributed by atoms with Crippen LogP contribution in [0, 0.1) is 0 Å². The van der Waals surface area contributed by atoms with Crippen LogP contribution in [0.3, 0.4) is 0 Å². The highest BCUT2D eigenvalue weighted by atomic mass is 16.7. The molecule has 1 saturated carbocycles. The Balaban J connectivity index is 1.72. The van der Waals surface area contributed by atoms with Gasteiger partial charge in [-0.2, -0.15) is 0 Å². The molecule has 0 radical (unpaired) electrons. The predicted molar refractivity (Wildman–Crippen MR) is 30.6 cm³/mol. The zero-order valence-electron chi connectivity index (χ0n) is 5.40. The summed E-state index contributed by atoms with van der Waals surface area (Å²) < 4.78 is 16.2. The van der Waals surface area contributed by atoms with E-state index in [1.54, 1.807) is 0 Å². The largest absolute Gasteiger partial charge is 0.367 e. The Kier molecular flexibility index (Phi) is 0.541. The lowest BCUT2D eigenvalue weighted by atomic mass is 10.2. The van der Waals surface area contributed by atoms with Crippen LogP contribution in [0.5, 0.6) is 0 Å². The molecule has 0 N–H and O–H groups in total. The van der Waals surface area contributed by atoms with Crippen LogP contribution in [0.4, 0.5) is 0 Å². The van der Waals surface area contributed by atoms with Gasteiger partial charge in [0.15, 0.2) is 0 Å². The lowest BCUT2D eigenvalue weighted by Gasteiger charge is -1.84. The van der Waals surface area contributed by atoms with Gasteiger partial charge in [-0.15, -0.1) is 0 Å². The van der Waals surface area contributed by atoms with E-state index < -0.39 is 0 Å². The van der Waals surface area contributed by atoms with Crippen molar-refractivity contribution in [1.82, 2.24) is 0 Å². The molecular formula is C7H8O3. The molecule has 0 bridgehead atoms. The van der Waals surface area contributed by atoms with Crippen LogP contribution < -0.4 is 0 Å². The predicted octanol–water partition coefficient (Wildman–Crippen LogP) is -0.308. The summed E-state index contributed by atoms with van der Waals surface area (Å²) in [6, 6.07) is 0. The molecule has 0 spiro atoms. The molecule has 6 atom stereocenters. The van der Waals surface area contributed by atoms with E-state index in [0.717, 1.165) is 6.42 Å². The van der Waals surface area contributed by atoms with E-state index >= 15 is 0 Å². The monoisotopic (exact) mass is 140 g/mol. The average Bonchev–Trinajstić information content (AvgIpc) is 2.62. The molecule has 3 aliphatic heterocycles. The Morgan fingerprint density at radius 2 is 1.30 bits per heavy atom. The highest BCUT2D eigenvalue weighted by Gasteiger charge is 2.69. The van der Waals surface area contributed by atoms with Gasteiger partial charge in [0.25, 0.3) is 0 Å². The standard InChI is InChI=1S/C7H8O3/c1-2-4(8-2)6-7(10-6)5-3(1)9-5/h2-7H,1H2/t2-,3+,4-,5+,6+,7-. The number of fused-ring (bicyclic) bond motifs is 5. The van der Waals surface area contributed by atoms with Crippen LogP contribution in [-0.2, 0) is 14.2 Å². The van der Waals surface area contributed by atoms with E-state index in [1.165, 1.54) is 0 Å². The molecule has 4 rings (SSSR count). The van der Waals surface area contributed by atoms with E-state index in [1.807, 2.05) is 0 Å². The molecule has 1 aliphatic carbocycles. The molecule has 0 amide bonds. The van der Waals surface area contributed by atoms with Crippen LogP contribution >= 0.6 is 0 Å². The smallest absolute Gasteiger partial charge is 0.116 e. The first kappa shape index (κ1) is 4.70. The minimum atomic E-state index is 0.405. The van der Waals surface area contributed by atoms with Crippen molar-refractivity contribution in [3.8, 4) is 0 Å². The molecule has 3 heterocycles. The third kappa shape index (κ3) is 0.418. The third-order valence-electron chi connectivity index (χ3n) is 2.92. The van der Waals surface area contributed by atoms with Gasteiger partial charge < -0.3 is 14.2 Å². The van der Waals surface area contributed by atoms with Crippen molar-refractivity contribution >= 4 is 0 Å². The topological polar surface area (TPSA) is 37.6 Å². The minimum Gasteiger partial charge on any atom is -0.367 e. The fraction of sp³-hybridized carbons (Fsp3) is 1.00. The molecule has 3 heteroatoms. The van der Waals surface area contributed by atoms with Gasteiger partial charge in [-0.1, -0.05) is 0 Å². The maximum absolute atomic E-state index is 5.42. The van der Waals surface area contributed by atoms with Crippen LogP contribution in [0.15, 0.2) is 0 Å². The number of epoxide rings is 3. The van der Waals surface area contributed by atoms with Gasteiger partial charge in [0.1, 0.15) is 24.4 Å². The van der Waals surface area contributed by atoms with Crippen molar-refractivity contribution in [2.24, 2.45) is 0 Å². The van der Waals surface area contributed by atoms with Crippen molar-refractivity contribution in [2.45, 2.75) is 43.0 Å². The maximum atomic E-state index is 5.42. The summed E-state index contributed by atoms with van der Waals surface area (Å²) in [7, 11) is 0. The van der Waals surface area contributed by atoms with Gasteiger partial charge in [-0.05, 0) is 0 Å². The minimum absolute atomic E-state index is 0.405. The molecule has 0 aromatic heterocycles. The van der Waals surface area contributed by atoms with Crippen molar-refractivity contribution in [3.05, 3.63) is 0 Å². The molecule has 3 nitrogen and oxygen atoms in total. The summed E-state index contributed by atoms with van der Waals surface area (Å²) in [5.41, 5.74) is 0.